The van der Waals surface area contributed by atoms with Gasteiger partial charge in [-0.1, -0.05) is 6.07 Å². The van der Waals surface area contributed by atoms with Gasteiger partial charge in [-0.05, 0) is 61.4 Å². The summed E-state index contributed by atoms with van der Waals surface area (Å²) in [6, 6.07) is 13.0. The summed E-state index contributed by atoms with van der Waals surface area (Å²) in [5.74, 6) is -0.196. The second-order valence-corrected chi connectivity index (χ2v) is 5.56. The van der Waals surface area contributed by atoms with Crippen LogP contribution in [-0.4, -0.2) is 23.2 Å². The monoisotopic (exact) mass is 307 g/mol. The maximum Gasteiger partial charge on any atom is 0.336 e. The SMILES string of the molecule is COc1ccc(-c2cc(C(=O)O)c3c(C)cc(C)cc3n2)cc1. The van der Waals surface area contributed by atoms with Crippen molar-refractivity contribution >= 4 is 16.9 Å². The van der Waals surface area contributed by atoms with Crippen LogP contribution in [0.4, 0.5) is 0 Å². The standard InChI is InChI=1S/C19H17NO3/c1-11-8-12(2)18-15(19(21)22)10-16(20-17(18)9-11)13-4-6-14(23-3)7-5-13/h4-10H,1-3H3,(H,21,22). The lowest BCUT2D eigenvalue weighted by atomic mass is 9.99. The quantitative estimate of drug-likeness (QED) is 0.787. The number of rotatable bonds is 3. The number of carboxylic acid groups (broad SMARTS) is 1. The molecule has 0 amide bonds. The lowest BCUT2D eigenvalue weighted by Crippen LogP contribution is -2.02. The molecule has 3 rings (SSSR count). The van der Waals surface area contributed by atoms with Crippen molar-refractivity contribution in [2.75, 3.05) is 7.11 Å². The van der Waals surface area contributed by atoms with Gasteiger partial charge in [-0.3, -0.25) is 0 Å². The predicted octanol–water partition coefficient (Wildman–Crippen LogP) is 4.23. The number of benzene rings is 2. The fourth-order valence-corrected chi connectivity index (χ4v) is 2.83. The molecule has 23 heavy (non-hydrogen) atoms. The summed E-state index contributed by atoms with van der Waals surface area (Å²) in [6.07, 6.45) is 0. The molecule has 0 aliphatic heterocycles. The van der Waals surface area contributed by atoms with Crippen LogP contribution in [0.5, 0.6) is 5.75 Å². The molecule has 3 aromatic rings. The first-order valence-corrected chi connectivity index (χ1v) is 7.29. The zero-order valence-corrected chi connectivity index (χ0v) is 13.3. The van der Waals surface area contributed by atoms with Gasteiger partial charge in [0.1, 0.15) is 5.75 Å². The molecule has 0 atom stereocenters. The van der Waals surface area contributed by atoms with E-state index < -0.39 is 5.97 Å². The number of hydrogen-bond acceptors (Lipinski definition) is 3. The van der Waals surface area contributed by atoms with E-state index in [2.05, 4.69) is 4.98 Å². The smallest absolute Gasteiger partial charge is 0.336 e. The van der Waals surface area contributed by atoms with Crippen LogP contribution in [-0.2, 0) is 0 Å². The predicted molar refractivity (Wildman–Crippen MR) is 90.2 cm³/mol. The third-order valence-electron chi connectivity index (χ3n) is 3.87. The Morgan fingerprint density at radius 2 is 1.78 bits per heavy atom. The zero-order chi connectivity index (χ0) is 16.6. The molecule has 0 aliphatic carbocycles. The number of carbonyl (C=O) groups is 1. The molecule has 0 unspecified atom stereocenters. The fourth-order valence-electron chi connectivity index (χ4n) is 2.83. The Bertz CT molecular complexity index is 899. The Balaban J connectivity index is 2.27. The Kier molecular flexibility index (Phi) is 3.74. The van der Waals surface area contributed by atoms with Crippen molar-refractivity contribution in [3.05, 3.63) is 59.2 Å². The van der Waals surface area contributed by atoms with Crippen molar-refractivity contribution < 1.29 is 14.6 Å². The van der Waals surface area contributed by atoms with Gasteiger partial charge in [0, 0.05) is 10.9 Å². The van der Waals surface area contributed by atoms with Gasteiger partial charge in [-0.15, -0.1) is 0 Å². The number of methoxy groups -OCH3 is 1. The molecule has 0 saturated heterocycles. The van der Waals surface area contributed by atoms with E-state index in [0.29, 0.717) is 16.6 Å². The number of nitrogens with zero attached hydrogens (tertiary/aromatic N) is 1. The van der Waals surface area contributed by atoms with Gasteiger partial charge in [0.2, 0.25) is 0 Å². The van der Waals surface area contributed by atoms with E-state index in [-0.39, 0.29) is 5.56 Å². The molecule has 2 aromatic carbocycles. The highest BCUT2D eigenvalue weighted by Gasteiger charge is 2.15. The van der Waals surface area contributed by atoms with Crippen molar-refractivity contribution in [3.8, 4) is 17.0 Å². The molecule has 1 N–H and O–H groups in total. The van der Waals surface area contributed by atoms with Crippen molar-refractivity contribution in [3.63, 3.8) is 0 Å². The Morgan fingerprint density at radius 1 is 1.09 bits per heavy atom. The second-order valence-electron chi connectivity index (χ2n) is 5.56. The summed E-state index contributed by atoms with van der Waals surface area (Å²) in [7, 11) is 1.61. The van der Waals surface area contributed by atoms with Gasteiger partial charge in [-0.2, -0.15) is 0 Å². The number of aryl methyl sites for hydroxylation is 2. The van der Waals surface area contributed by atoms with Crippen molar-refractivity contribution in [1.29, 1.82) is 0 Å². The van der Waals surface area contributed by atoms with E-state index in [0.717, 1.165) is 22.4 Å². The molecule has 0 spiro atoms. The second kappa shape index (κ2) is 5.72. The van der Waals surface area contributed by atoms with E-state index in [1.807, 2.05) is 50.2 Å². The average molecular weight is 307 g/mol. The molecule has 4 nitrogen and oxygen atoms in total. The van der Waals surface area contributed by atoms with Gasteiger partial charge in [0.25, 0.3) is 0 Å². The molecule has 0 bridgehead atoms. The van der Waals surface area contributed by atoms with E-state index in [1.165, 1.54) is 0 Å². The van der Waals surface area contributed by atoms with Gasteiger partial charge >= 0.3 is 5.97 Å². The summed E-state index contributed by atoms with van der Waals surface area (Å²) in [5.41, 5.74) is 4.46. The molecular weight excluding hydrogens is 290 g/mol. The Morgan fingerprint density at radius 3 is 2.39 bits per heavy atom. The van der Waals surface area contributed by atoms with Crippen LogP contribution >= 0.6 is 0 Å². The van der Waals surface area contributed by atoms with Gasteiger partial charge in [0.05, 0.1) is 23.9 Å². The summed E-state index contributed by atoms with van der Waals surface area (Å²) in [6.45, 7) is 3.89. The summed E-state index contributed by atoms with van der Waals surface area (Å²) in [5, 5.41) is 10.3. The average Bonchev–Trinajstić information content (AvgIpc) is 2.53. The fraction of sp³-hybridized carbons (Fsp3) is 0.158. The maximum atomic E-state index is 11.7. The largest absolute Gasteiger partial charge is 0.497 e. The van der Waals surface area contributed by atoms with Crippen LogP contribution in [0.15, 0.2) is 42.5 Å². The highest BCUT2D eigenvalue weighted by Crippen LogP contribution is 2.29. The first-order valence-electron chi connectivity index (χ1n) is 7.29. The third-order valence-corrected chi connectivity index (χ3v) is 3.87. The first kappa shape index (κ1) is 15.0. The molecule has 0 fully saturated rings. The van der Waals surface area contributed by atoms with Gasteiger partial charge in [-0.25, -0.2) is 9.78 Å². The van der Waals surface area contributed by atoms with Gasteiger partial charge < -0.3 is 9.84 Å². The summed E-state index contributed by atoms with van der Waals surface area (Å²) in [4.78, 5) is 16.3. The normalized spacial score (nSPS) is 10.7. The number of aromatic carboxylic acids is 1. The molecule has 1 aromatic heterocycles. The lowest BCUT2D eigenvalue weighted by molar-refractivity contribution is 0.0699. The van der Waals surface area contributed by atoms with Crippen LogP contribution < -0.4 is 4.74 Å². The highest BCUT2D eigenvalue weighted by molar-refractivity contribution is 6.05. The molecule has 1 heterocycles. The van der Waals surface area contributed by atoms with Crippen molar-refractivity contribution in [2.24, 2.45) is 0 Å². The minimum atomic E-state index is -0.945. The molecule has 4 heteroatoms. The van der Waals surface area contributed by atoms with Crippen LogP contribution in [0.3, 0.4) is 0 Å². The summed E-state index contributed by atoms with van der Waals surface area (Å²) >= 11 is 0. The van der Waals surface area contributed by atoms with Crippen molar-refractivity contribution in [1.82, 2.24) is 4.98 Å². The number of pyridine rings is 1. The van der Waals surface area contributed by atoms with Gasteiger partial charge in [0.15, 0.2) is 0 Å². The molecular formula is C19H17NO3. The molecule has 0 aliphatic rings. The maximum absolute atomic E-state index is 11.7. The lowest BCUT2D eigenvalue weighted by Gasteiger charge is -2.11. The Hall–Kier alpha value is -2.88. The van der Waals surface area contributed by atoms with Crippen LogP contribution in [0.1, 0.15) is 21.5 Å². The molecule has 0 saturated carbocycles. The third kappa shape index (κ3) is 2.75. The minimum absolute atomic E-state index is 0.276. The Labute approximate surface area is 134 Å². The van der Waals surface area contributed by atoms with Crippen molar-refractivity contribution in [2.45, 2.75) is 13.8 Å². The van der Waals surface area contributed by atoms with E-state index in [4.69, 9.17) is 4.74 Å². The van der Waals surface area contributed by atoms with E-state index in [1.54, 1.807) is 13.2 Å². The topological polar surface area (TPSA) is 59.4 Å². The van der Waals surface area contributed by atoms with E-state index >= 15 is 0 Å². The van der Waals surface area contributed by atoms with E-state index in [9.17, 15) is 9.90 Å². The molecule has 0 radical (unpaired) electrons. The number of ether oxygens (including phenoxy) is 1. The number of carboxylic acids is 1. The number of fused-ring (bicyclic) bond motifs is 1. The van der Waals surface area contributed by atoms with Crippen LogP contribution in [0.25, 0.3) is 22.2 Å². The number of hydrogen-bond donors (Lipinski definition) is 1. The minimum Gasteiger partial charge on any atom is -0.497 e. The van der Waals surface area contributed by atoms with Crippen LogP contribution in [0.2, 0.25) is 0 Å². The summed E-state index contributed by atoms with van der Waals surface area (Å²) < 4.78 is 5.15. The number of aromatic nitrogens is 1. The zero-order valence-electron chi connectivity index (χ0n) is 13.3. The first-order chi connectivity index (χ1) is 11.0. The van der Waals surface area contributed by atoms with Crippen LogP contribution in [0, 0.1) is 13.8 Å². The molecule has 116 valence electrons. The highest BCUT2D eigenvalue weighted by atomic mass is 16.5.